The standard InChI is InChI=1S/C18H28N2O3/c1-4-6-10-16(18(22)23)19-13(3)12-17(21)20-15-11-8-7-9-14(15)5-2/h7-9,11,13,16,19H,4-6,10,12H2,1-3H3,(H,20,21)(H,22,23). The van der Waals surface area contributed by atoms with E-state index in [4.69, 9.17) is 0 Å². The van der Waals surface area contributed by atoms with E-state index in [1.54, 1.807) is 0 Å². The van der Waals surface area contributed by atoms with Gasteiger partial charge in [-0.1, -0.05) is 44.9 Å². The summed E-state index contributed by atoms with van der Waals surface area (Å²) in [5.74, 6) is -0.965. The summed E-state index contributed by atoms with van der Waals surface area (Å²) in [5.41, 5.74) is 1.92. The molecular formula is C18H28N2O3. The van der Waals surface area contributed by atoms with E-state index in [2.05, 4.69) is 10.6 Å². The van der Waals surface area contributed by atoms with Gasteiger partial charge in [0, 0.05) is 18.2 Å². The lowest BCUT2D eigenvalue weighted by molar-refractivity contribution is -0.140. The lowest BCUT2D eigenvalue weighted by Gasteiger charge is -2.20. The van der Waals surface area contributed by atoms with Crippen LogP contribution in [-0.4, -0.2) is 29.1 Å². The van der Waals surface area contributed by atoms with Crippen molar-refractivity contribution in [1.82, 2.24) is 5.32 Å². The minimum absolute atomic E-state index is 0.106. The average Bonchev–Trinajstić information content (AvgIpc) is 2.51. The number of nitrogens with one attached hydrogen (secondary N) is 2. The number of benzene rings is 1. The van der Waals surface area contributed by atoms with Crippen LogP contribution < -0.4 is 10.6 Å². The van der Waals surface area contributed by atoms with E-state index >= 15 is 0 Å². The molecule has 1 aromatic rings. The SMILES string of the molecule is CCCCC(NC(C)CC(=O)Nc1ccccc1CC)C(=O)O. The molecular weight excluding hydrogens is 292 g/mol. The molecule has 0 aliphatic heterocycles. The van der Waals surface area contributed by atoms with Crippen LogP contribution in [0, 0.1) is 0 Å². The van der Waals surface area contributed by atoms with Gasteiger partial charge in [0.05, 0.1) is 0 Å². The number of anilines is 1. The Labute approximate surface area is 138 Å². The number of aryl methyl sites for hydroxylation is 1. The summed E-state index contributed by atoms with van der Waals surface area (Å²) in [6.45, 7) is 5.91. The second kappa shape index (κ2) is 10.0. The first kappa shape index (κ1) is 19.2. The fourth-order valence-electron chi connectivity index (χ4n) is 2.52. The Kier molecular flexibility index (Phi) is 8.33. The maximum Gasteiger partial charge on any atom is 0.320 e. The predicted octanol–water partition coefficient (Wildman–Crippen LogP) is 3.20. The van der Waals surface area contributed by atoms with Crippen LogP contribution in [0.25, 0.3) is 0 Å². The number of carboxylic acid groups (broad SMARTS) is 1. The van der Waals surface area contributed by atoms with Gasteiger partial charge in [-0.2, -0.15) is 0 Å². The molecule has 0 fully saturated rings. The molecule has 0 saturated heterocycles. The first-order chi connectivity index (χ1) is 11.0. The van der Waals surface area contributed by atoms with Crippen LogP contribution in [0.2, 0.25) is 0 Å². The molecule has 2 unspecified atom stereocenters. The summed E-state index contributed by atoms with van der Waals surface area (Å²) in [6, 6.07) is 6.92. The maximum atomic E-state index is 12.2. The fourth-order valence-corrected chi connectivity index (χ4v) is 2.52. The second-order valence-electron chi connectivity index (χ2n) is 5.86. The number of para-hydroxylation sites is 1. The van der Waals surface area contributed by atoms with E-state index in [1.807, 2.05) is 45.0 Å². The largest absolute Gasteiger partial charge is 0.480 e. The van der Waals surface area contributed by atoms with Crippen molar-refractivity contribution >= 4 is 17.6 Å². The third-order valence-corrected chi connectivity index (χ3v) is 3.79. The van der Waals surface area contributed by atoms with Crippen LogP contribution in [-0.2, 0) is 16.0 Å². The van der Waals surface area contributed by atoms with Gasteiger partial charge in [0.25, 0.3) is 0 Å². The smallest absolute Gasteiger partial charge is 0.320 e. The Morgan fingerprint density at radius 2 is 1.91 bits per heavy atom. The summed E-state index contributed by atoms with van der Waals surface area (Å²) in [7, 11) is 0. The molecule has 0 spiro atoms. The van der Waals surface area contributed by atoms with Crippen LogP contribution >= 0.6 is 0 Å². The van der Waals surface area contributed by atoms with Crippen molar-refractivity contribution in [3.8, 4) is 0 Å². The molecule has 2 atom stereocenters. The number of carbonyl (C=O) groups excluding carboxylic acids is 1. The molecule has 0 radical (unpaired) electrons. The van der Waals surface area contributed by atoms with Crippen LogP contribution in [0.4, 0.5) is 5.69 Å². The van der Waals surface area contributed by atoms with Gasteiger partial charge in [-0.25, -0.2) is 0 Å². The molecule has 1 rings (SSSR count). The van der Waals surface area contributed by atoms with Crippen molar-refractivity contribution in [3.63, 3.8) is 0 Å². The Balaban J connectivity index is 2.53. The molecule has 23 heavy (non-hydrogen) atoms. The van der Waals surface area contributed by atoms with E-state index in [9.17, 15) is 14.7 Å². The molecule has 0 saturated carbocycles. The number of hydrogen-bond donors (Lipinski definition) is 3. The van der Waals surface area contributed by atoms with Crippen molar-refractivity contribution in [2.24, 2.45) is 0 Å². The molecule has 5 heteroatoms. The lowest BCUT2D eigenvalue weighted by atomic mass is 10.1. The minimum Gasteiger partial charge on any atom is -0.480 e. The van der Waals surface area contributed by atoms with Crippen LogP contribution in [0.5, 0.6) is 0 Å². The predicted molar refractivity (Wildman–Crippen MR) is 92.6 cm³/mol. The zero-order chi connectivity index (χ0) is 17.2. The quantitative estimate of drug-likeness (QED) is 0.618. The Morgan fingerprint density at radius 1 is 1.22 bits per heavy atom. The molecule has 1 amide bonds. The third kappa shape index (κ3) is 6.82. The molecule has 1 aromatic carbocycles. The van der Waals surface area contributed by atoms with Crippen molar-refractivity contribution in [3.05, 3.63) is 29.8 Å². The van der Waals surface area contributed by atoms with Gasteiger partial charge in [-0.3, -0.25) is 9.59 Å². The van der Waals surface area contributed by atoms with Gasteiger partial charge in [0.1, 0.15) is 6.04 Å². The number of carbonyl (C=O) groups is 2. The zero-order valence-electron chi connectivity index (χ0n) is 14.3. The zero-order valence-corrected chi connectivity index (χ0v) is 14.3. The van der Waals surface area contributed by atoms with Gasteiger partial charge >= 0.3 is 5.97 Å². The highest BCUT2D eigenvalue weighted by molar-refractivity contribution is 5.91. The molecule has 0 aliphatic rings. The van der Waals surface area contributed by atoms with Crippen LogP contribution in [0.1, 0.15) is 52.0 Å². The van der Waals surface area contributed by atoms with Crippen molar-refractivity contribution < 1.29 is 14.7 Å². The average molecular weight is 320 g/mol. The van der Waals surface area contributed by atoms with E-state index in [-0.39, 0.29) is 18.4 Å². The van der Waals surface area contributed by atoms with Crippen molar-refractivity contribution in [1.29, 1.82) is 0 Å². The summed E-state index contributed by atoms with van der Waals surface area (Å²) in [5, 5.41) is 15.2. The molecule has 3 N–H and O–H groups in total. The first-order valence-electron chi connectivity index (χ1n) is 8.34. The summed E-state index contributed by atoms with van der Waals surface area (Å²) in [6.07, 6.45) is 3.48. The number of rotatable bonds is 10. The molecule has 0 aromatic heterocycles. The second-order valence-corrected chi connectivity index (χ2v) is 5.86. The number of hydrogen-bond acceptors (Lipinski definition) is 3. The summed E-state index contributed by atoms with van der Waals surface area (Å²) in [4.78, 5) is 23.4. The highest BCUT2D eigenvalue weighted by Crippen LogP contribution is 2.16. The van der Waals surface area contributed by atoms with Crippen molar-refractivity contribution in [2.45, 2.75) is 65.0 Å². The lowest BCUT2D eigenvalue weighted by Crippen LogP contribution is -2.43. The fraction of sp³-hybridized carbons (Fsp3) is 0.556. The van der Waals surface area contributed by atoms with Gasteiger partial charge in [0.2, 0.25) is 5.91 Å². The number of aliphatic carboxylic acids is 1. The van der Waals surface area contributed by atoms with Gasteiger partial charge in [-0.15, -0.1) is 0 Å². The maximum absolute atomic E-state index is 12.2. The Bertz CT molecular complexity index is 517. The van der Waals surface area contributed by atoms with Crippen molar-refractivity contribution in [2.75, 3.05) is 5.32 Å². The number of carboxylic acids is 1. The topological polar surface area (TPSA) is 78.4 Å². The molecule has 5 nitrogen and oxygen atoms in total. The van der Waals surface area contributed by atoms with E-state index in [1.165, 1.54) is 0 Å². The van der Waals surface area contributed by atoms with Gasteiger partial charge in [-0.05, 0) is 31.4 Å². The van der Waals surface area contributed by atoms with E-state index < -0.39 is 12.0 Å². The molecule has 0 heterocycles. The number of amides is 1. The van der Waals surface area contributed by atoms with Gasteiger partial charge < -0.3 is 15.7 Å². The molecule has 0 aliphatic carbocycles. The number of unbranched alkanes of at least 4 members (excludes halogenated alkanes) is 1. The highest BCUT2D eigenvalue weighted by atomic mass is 16.4. The monoisotopic (exact) mass is 320 g/mol. The minimum atomic E-state index is -0.859. The van der Waals surface area contributed by atoms with Crippen LogP contribution in [0.15, 0.2) is 24.3 Å². The van der Waals surface area contributed by atoms with Gasteiger partial charge in [0.15, 0.2) is 0 Å². The van der Waals surface area contributed by atoms with E-state index in [0.29, 0.717) is 6.42 Å². The normalized spacial score (nSPS) is 13.3. The highest BCUT2D eigenvalue weighted by Gasteiger charge is 2.20. The summed E-state index contributed by atoms with van der Waals surface area (Å²) >= 11 is 0. The Morgan fingerprint density at radius 3 is 2.52 bits per heavy atom. The van der Waals surface area contributed by atoms with E-state index in [0.717, 1.165) is 30.5 Å². The van der Waals surface area contributed by atoms with Crippen LogP contribution in [0.3, 0.4) is 0 Å². The molecule has 128 valence electrons. The first-order valence-corrected chi connectivity index (χ1v) is 8.34. The third-order valence-electron chi connectivity index (χ3n) is 3.79. The Hall–Kier alpha value is -1.88. The summed E-state index contributed by atoms with van der Waals surface area (Å²) < 4.78 is 0. The molecule has 0 bridgehead atoms.